The number of benzene rings is 1. The minimum Gasteiger partial charge on any atom is -0.399 e. The van der Waals surface area contributed by atoms with Crippen LogP contribution in [0, 0.1) is 0 Å². The van der Waals surface area contributed by atoms with Crippen LogP contribution >= 0.6 is 0 Å². The minimum absolute atomic E-state index is 0.0451. The summed E-state index contributed by atoms with van der Waals surface area (Å²) in [6, 6.07) is 7.15. The van der Waals surface area contributed by atoms with Crippen molar-refractivity contribution in [2.75, 3.05) is 43.8 Å². The van der Waals surface area contributed by atoms with Crippen LogP contribution in [0.1, 0.15) is 20.3 Å². The largest absolute Gasteiger partial charge is 0.399 e. The lowest BCUT2D eigenvalue weighted by atomic mass is 10.2. The number of anilines is 2. The number of rotatable bonds is 5. The molecular formula is C16H26N4O. The maximum Gasteiger partial charge on any atom is 0.241 e. The Morgan fingerprint density at radius 3 is 2.43 bits per heavy atom. The number of hydrogen-bond acceptors (Lipinski definition) is 4. The van der Waals surface area contributed by atoms with Crippen LogP contribution in [0.25, 0.3) is 0 Å². The highest BCUT2D eigenvalue weighted by Gasteiger charge is 2.25. The van der Waals surface area contributed by atoms with Gasteiger partial charge in [0.2, 0.25) is 5.91 Å². The zero-order valence-corrected chi connectivity index (χ0v) is 13.0. The van der Waals surface area contributed by atoms with Gasteiger partial charge in [0, 0.05) is 37.6 Å². The number of nitrogens with one attached hydrogen (secondary N) is 1. The van der Waals surface area contributed by atoms with E-state index >= 15 is 0 Å². The van der Waals surface area contributed by atoms with E-state index in [1.807, 2.05) is 19.1 Å². The quantitative estimate of drug-likeness (QED) is 0.809. The molecule has 3 N–H and O–H groups in total. The van der Waals surface area contributed by atoms with Crippen LogP contribution in [0.4, 0.5) is 11.4 Å². The van der Waals surface area contributed by atoms with Crippen molar-refractivity contribution in [3.8, 4) is 0 Å². The van der Waals surface area contributed by atoms with E-state index in [0.717, 1.165) is 38.4 Å². The van der Waals surface area contributed by atoms with E-state index in [-0.39, 0.29) is 11.9 Å². The number of amides is 1. The average Bonchev–Trinajstić information content (AvgIpc) is 2.50. The SMILES string of the molecule is CCCN1CCN(C(C)C(=O)Nc2ccc(N)cc2)CC1. The molecule has 1 atom stereocenters. The topological polar surface area (TPSA) is 61.6 Å². The van der Waals surface area contributed by atoms with Gasteiger partial charge in [-0.15, -0.1) is 0 Å². The molecule has 0 radical (unpaired) electrons. The van der Waals surface area contributed by atoms with E-state index in [1.54, 1.807) is 12.1 Å². The van der Waals surface area contributed by atoms with Gasteiger partial charge < -0.3 is 16.0 Å². The van der Waals surface area contributed by atoms with Crippen LogP contribution in [0.5, 0.6) is 0 Å². The molecule has 1 aromatic carbocycles. The fourth-order valence-corrected chi connectivity index (χ4v) is 2.67. The maximum absolute atomic E-state index is 12.3. The number of carbonyl (C=O) groups is 1. The van der Waals surface area contributed by atoms with Gasteiger partial charge in [-0.3, -0.25) is 9.69 Å². The molecule has 0 saturated carbocycles. The second-order valence-corrected chi connectivity index (χ2v) is 5.66. The van der Waals surface area contributed by atoms with E-state index in [9.17, 15) is 4.79 Å². The van der Waals surface area contributed by atoms with Gasteiger partial charge in [-0.25, -0.2) is 0 Å². The Morgan fingerprint density at radius 1 is 1.24 bits per heavy atom. The Morgan fingerprint density at radius 2 is 1.86 bits per heavy atom. The second kappa shape index (κ2) is 7.43. The van der Waals surface area contributed by atoms with Gasteiger partial charge in [0.1, 0.15) is 0 Å². The van der Waals surface area contributed by atoms with Crippen LogP contribution in [0.3, 0.4) is 0 Å². The first-order valence-corrected chi connectivity index (χ1v) is 7.73. The summed E-state index contributed by atoms with van der Waals surface area (Å²) in [5.74, 6) is 0.0451. The minimum atomic E-state index is -0.105. The number of carbonyl (C=O) groups excluding carboxylic acids is 1. The number of nitrogens with two attached hydrogens (primary N) is 1. The van der Waals surface area contributed by atoms with Gasteiger partial charge in [-0.1, -0.05) is 6.92 Å². The second-order valence-electron chi connectivity index (χ2n) is 5.66. The standard InChI is InChI=1S/C16H26N4O/c1-3-8-19-9-11-20(12-10-19)13(2)16(21)18-15-6-4-14(17)5-7-15/h4-7,13H,3,8-12,17H2,1-2H3,(H,18,21). The predicted octanol–water partition coefficient (Wildman–Crippen LogP) is 1.62. The zero-order valence-electron chi connectivity index (χ0n) is 13.0. The van der Waals surface area contributed by atoms with E-state index in [1.165, 1.54) is 6.42 Å². The van der Waals surface area contributed by atoms with Crippen LogP contribution in [-0.4, -0.2) is 54.5 Å². The van der Waals surface area contributed by atoms with Gasteiger partial charge in [0.25, 0.3) is 0 Å². The van der Waals surface area contributed by atoms with Crippen molar-refractivity contribution in [1.82, 2.24) is 9.80 Å². The van der Waals surface area contributed by atoms with Crippen molar-refractivity contribution in [1.29, 1.82) is 0 Å². The molecule has 0 spiro atoms. The Hall–Kier alpha value is -1.59. The molecule has 21 heavy (non-hydrogen) atoms. The van der Waals surface area contributed by atoms with E-state index in [4.69, 9.17) is 5.73 Å². The Balaban J connectivity index is 1.84. The maximum atomic E-state index is 12.3. The Bertz CT molecular complexity index is 452. The van der Waals surface area contributed by atoms with Crippen LogP contribution in [0.15, 0.2) is 24.3 Å². The van der Waals surface area contributed by atoms with E-state index < -0.39 is 0 Å². The Labute approximate surface area is 127 Å². The summed E-state index contributed by atoms with van der Waals surface area (Å²) in [5, 5.41) is 2.95. The first kappa shape index (κ1) is 15.8. The van der Waals surface area contributed by atoms with Gasteiger partial charge >= 0.3 is 0 Å². The van der Waals surface area contributed by atoms with Gasteiger partial charge in [-0.05, 0) is 44.2 Å². The number of nitrogens with zero attached hydrogens (tertiary/aromatic N) is 2. The van der Waals surface area contributed by atoms with Crippen molar-refractivity contribution in [3.63, 3.8) is 0 Å². The Kier molecular flexibility index (Phi) is 5.59. The summed E-state index contributed by atoms with van der Waals surface area (Å²) in [6.45, 7) is 9.34. The first-order chi connectivity index (χ1) is 10.1. The highest BCUT2D eigenvalue weighted by Crippen LogP contribution is 2.13. The fraction of sp³-hybridized carbons (Fsp3) is 0.562. The highest BCUT2D eigenvalue weighted by atomic mass is 16.2. The third-order valence-corrected chi connectivity index (χ3v) is 4.05. The summed E-state index contributed by atoms with van der Waals surface area (Å²) in [4.78, 5) is 17.0. The first-order valence-electron chi connectivity index (χ1n) is 7.73. The zero-order chi connectivity index (χ0) is 15.2. The molecule has 2 rings (SSSR count). The number of piperazine rings is 1. The molecule has 0 aliphatic carbocycles. The molecule has 1 saturated heterocycles. The van der Waals surface area contributed by atoms with Crippen molar-refractivity contribution >= 4 is 17.3 Å². The molecule has 1 aromatic rings. The van der Waals surface area contributed by atoms with E-state index in [0.29, 0.717) is 5.69 Å². The third kappa shape index (κ3) is 4.44. The van der Waals surface area contributed by atoms with Crippen molar-refractivity contribution in [3.05, 3.63) is 24.3 Å². The van der Waals surface area contributed by atoms with Crippen molar-refractivity contribution < 1.29 is 4.79 Å². The molecule has 1 heterocycles. The summed E-state index contributed by atoms with van der Waals surface area (Å²) in [6.07, 6.45) is 1.19. The molecule has 1 amide bonds. The summed E-state index contributed by atoms with van der Waals surface area (Å²) in [5.41, 5.74) is 7.15. The summed E-state index contributed by atoms with van der Waals surface area (Å²) >= 11 is 0. The van der Waals surface area contributed by atoms with Crippen LogP contribution < -0.4 is 11.1 Å². The van der Waals surface area contributed by atoms with Gasteiger partial charge in [0.15, 0.2) is 0 Å². The molecule has 0 bridgehead atoms. The molecule has 1 fully saturated rings. The lowest BCUT2D eigenvalue weighted by Crippen LogP contribution is -2.52. The van der Waals surface area contributed by atoms with Crippen molar-refractivity contribution in [2.24, 2.45) is 0 Å². The molecule has 5 nitrogen and oxygen atoms in total. The monoisotopic (exact) mass is 290 g/mol. The van der Waals surface area contributed by atoms with Crippen LogP contribution in [0.2, 0.25) is 0 Å². The van der Waals surface area contributed by atoms with E-state index in [2.05, 4.69) is 22.0 Å². The molecule has 1 aliphatic heterocycles. The predicted molar refractivity (Wildman–Crippen MR) is 87.3 cm³/mol. The molecule has 1 unspecified atom stereocenters. The molecule has 0 aromatic heterocycles. The van der Waals surface area contributed by atoms with Gasteiger partial charge in [-0.2, -0.15) is 0 Å². The van der Waals surface area contributed by atoms with Gasteiger partial charge in [0.05, 0.1) is 6.04 Å². The molecule has 1 aliphatic rings. The lowest BCUT2D eigenvalue weighted by Gasteiger charge is -2.37. The summed E-state index contributed by atoms with van der Waals surface area (Å²) < 4.78 is 0. The average molecular weight is 290 g/mol. The normalized spacial score (nSPS) is 18.4. The molecular weight excluding hydrogens is 264 g/mol. The number of nitrogen functional groups attached to an aromatic ring is 1. The van der Waals surface area contributed by atoms with Crippen molar-refractivity contribution in [2.45, 2.75) is 26.3 Å². The summed E-state index contributed by atoms with van der Waals surface area (Å²) in [7, 11) is 0. The smallest absolute Gasteiger partial charge is 0.241 e. The van der Waals surface area contributed by atoms with Crippen LogP contribution in [-0.2, 0) is 4.79 Å². The third-order valence-electron chi connectivity index (χ3n) is 4.05. The highest BCUT2D eigenvalue weighted by molar-refractivity contribution is 5.94. The fourth-order valence-electron chi connectivity index (χ4n) is 2.67. The lowest BCUT2D eigenvalue weighted by molar-refractivity contribution is -0.121. The molecule has 116 valence electrons. The molecule has 5 heteroatoms. The number of hydrogen-bond donors (Lipinski definition) is 2.